The molecule has 3 aromatic rings. The van der Waals surface area contributed by atoms with Gasteiger partial charge in [-0.05, 0) is 67.1 Å². The van der Waals surface area contributed by atoms with Crippen LogP contribution in [0, 0.1) is 0 Å². The molecular formula is C20H17BrO3S. The molecule has 2 heterocycles. The van der Waals surface area contributed by atoms with E-state index in [1.807, 2.05) is 48.5 Å². The highest BCUT2D eigenvalue weighted by molar-refractivity contribution is 9.10. The van der Waals surface area contributed by atoms with Crippen LogP contribution in [0.5, 0.6) is 5.75 Å². The number of ether oxygens (including phenoxy) is 1. The normalized spacial score (nSPS) is 11.1. The fraction of sp³-hybridized carbons (Fsp3) is 0.150. The Balaban J connectivity index is 1.57. The highest BCUT2D eigenvalue weighted by Gasteiger charge is 2.06. The molecule has 0 radical (unpaired) electrons. The number of benzene rings is 1. The molecule has 2 aromatic heterocycles. The van der Waals surface area contributed by atoms with Crippen molar-refractivity contribution >= 4 is 39.1 Å². The molecule has 0 fully saturated rings. The van der Waals surface area contributed by atoms with E-state index in [9.17, 15) is 4.79 Å². The van der Waals surface area contributed by atoms with E-state index >= 15 is 0 Å². The Labute approximate surface area is 159 Å². The summed E-state index contributed by atoms with van der Waals surface area (Å²) in [5, 5.41) is 0. The Bertz CT molecular complexity index is 874. The van der Waals surface area contributed by atoms with E-state index in [4.69, 9.17) is 9.15 Å². The molecule has 0 amide bonds. The fourth-order valence-electron chi connectivity index (χ4n) is 2.19. The summed E-state index contributed by atoms with van der Waals surface area (Å²) in [5.41, 5.74) is 0. The van der Waals surface area contributed by atoms with Crippen LogP contribution < -0.4 is 4.74 Å². The van der Waals surface area contributed by atoms with Gasteiger partial charge in [0.1, 0.15) is 23.9 Å². The highest BCUT2D eigenvalue weighted by atomic mass is 79.9. The Morgan fingerprint density at radius 2 is 1.96 bits per heavy atom. The molecule has 128 valence electrons. The van der Waals surface area contributed by atoms with Gasteiger partial charge in [-0.2, -0.15) is 0 Å². The molecule has 0 spiro atoms. The summed E-state index contributed by atoms with van der Waals surface area (Å²) in [7, 11) is 0. The molecule has 1 aromatic carbocycles. The largest absolute Gasteiger partial charge is 0.486 e. The van der Waals surface area contributed by atoms with Crippen LogP contribution in [0.2, 0.25) is 0 Å². The van der Waals surface area contributed by atoms with Crippen LogP contribution in [0.25, 0.3) is 6.08 Å². The van der Waals surface area contributed by atoms with Crippen LogP contribution in [-0.2, 0) is 13.0 Å². The molecule has 3 rings (SSSR count). The molecule has 0 aliphatic rings. The first-order valence-electron chi connectivity index (χ1n) is 7.92. The van der Waals surface area contributed by atoms with Gasteiger partial charge >= 0.3 is 0 Å². The second-order valence-electron chi connectivity index (χ2n) is 5.36. The topological polar surface area (TPSA) is 39.4 Å². The average Bonchev–Trinajstić information content (AvgIpc) is 3.28. The maximum atomic E-state index is 12.1. The Morgan fingerprint density at radius 1 is 1.16 bits per heavy atom. The zero-order chi connectivity index (χ0) is 17.6. The molecule has 0 unspecified atom stereocenters. The SMILES string of the molecule is CCc1ccc(C(=O)/C=C/c2ccc(COc3ccc(Br)cc3)o2)s1. The number of carbonyl (C=O) groups is 1. The van der Waals surface area contributed by atoms with Gasteiger partial charge in [-0.1, -0.05) is 22.9 Å². The third kappa shape index (κ3) is 4.94. The lowest BCUT2D eigenvalue weighted by Gasteiger charge is -2.03. The fourth-order valence-corrected chi connectivity index (χ4v) is 3.32. The number of hydrogen-bond donors (Lipinski definition) is 0. The van der Waals surface area contributed by atoms with Gasteiger partial charge in [-0.3, -0.25) is 4.79 Å². The summed E-state index contributed by atoms with van der Waals surface area (Å²) in [6.45, 7) is 2.42. The van der Waals surface area contributed by atoms with Gasteiger partial charge in [0.2, 0.25) is 0 Å². The van der Waals surface area contributed by atoms with Crippen molar-refractivity contribution in [2.75, 3.05) is 0 Å². The lowest BCUT2D eigenvalue weighted by atomic mass is 10.2. The Morgan fingerprint density at radius 3 is 2.68 bits per heavy atom. The van der Waals surface area contributed by atoms with Crippen molar-refractivity contribution in [3.63, 3.8) is 0 Å². The number of allylic oxidation sites excluding steroid dienone is 1. The first-order chi connectivity index (χ1) is 12.1. The first-order valence-corrected chi connectivity index (χ1v) is 9.53. The number of furan rings is 1. The Hall–Kier alpha value is -2.11. The van der Waals surface area contributed by atoms with Gasteiger partial charge < -0.3 is 9.15 Å². The lowest BCUT2D eigenvalue weighted by Crippen LogP contribution is -1.93. The molecular weight excluding hydrogens is 400 g/mol. The van der Waals surface area contributed by atoms with Crippen LogP contribution in [0.4, 0.5) is 0 Å². The number of ketones is 1. The van der Waals surface area contributed by atoms with E-state index < -0.39 is 0 Å². The average molecular weight is 417 g/mol. The number of thiophene rings is 1. The second kappa shape index (κ2) is 8.32. The van der Waals surface area contributed by atoms with Crippen molar-refractivity contribution in [3.05, 3.63) is 80.4 Å². The number of carbonyl (C=O) groups excluding carboxylic acids is 1. The molecule has 0 N–H and O–H groups in total. The number of aryl methyl sites for hydroxylation is 1. The van der Waals surface area contributed by atoms with Gasteiger partial charge in [0.05, 0.1) is 4.88 Å². The minimum absolute atomic E-state index is 0.00578. The summed E-state index contributed by atoms with van der Waals surface area (Å²) < 4.78 is 12.3. The van der Waals surface area contributed by atoms with Crippen molar-refractivity contribution in [2.45, 2.75) is 20.0 Å². The van der Waals surface area contributed by atoms with Gasteiger partial charge in [0.15, 0.2) is 5.78 Å². The molecule has 0 atom stereocenters. The van der Waals surface area contributed by atoms with E-state index in [-0.39, 0.29) is 5.78 Å². The van der Waals surface area contributed by atoms with Crippen molar-refractivity contribution in [2.24, 2.45) is 0 Å². The zero-order valence-corrected chi connectivity index (χ0v) is 16.1. The first kappa shape index (κ1) is 17.7. The van der Waals surface area contributed by atoms with Crippen molar-refractivity contribution < 1.29 is 13.9 Å². The van der Waals surface area contributed by atoms with Gasteiger partial charge in [0, 0.05) is 9.35 Å². The number of rotatable bonds is 7. The maximum Gasteiger partial charge on any atom is 0.195 e. The molecule has 5 heteroatoms. The third-order valence-electron chi connectivity index (χ3n) is 3.53. The number of hydrogen-bond acceptors (Lipinski definition) is 4. The predicted octanol–water partition coefficient (Wildman–Crippen LogP) is 6.14. The summed E-state index contributed by atoms with van der Waals surface area (Å²) in [5.74, 6) is 2.11. The van der Waals surface area contributed by atoms with Crippen molar-refractivity contribution in [1.29, 1.82) is 0 Å². The molecule has 0 saturated heterocycles. The van der Waals surface area contributed by atoms with E-state index in [1.54, 1.807) is 12.2 Å². The molecule has 3 nitrogen and oxygen atoms in total. The van der Waals surface area contributed by atoms with E-state index in [1.165, 1.54) is 16.2 Å². The molecule has 25 heavy (non-hydrogen) atoms. The maximum absolute atomic E-state index is 12.1. The van der Waals surface area contributed by atoms with Gasteiger partial charge in [-0.25, -0.2) is 0 Å². The van der Waals surface area contributed by atoms with Crippen LogP contribution in [-0.4, -0.2) is 5.78 Å². The summed E-state index contributed by atoms with van der Waals surface area (Å²) >= 11 is 4.92. The van der Waals surface area contributed by atoms with Crippen LogP contribution in [0.15, 0.2) is 63.5 Å². The molecule has 0 saturated carbocycles. The van der Waals surface area contributed by atoms with Crippen molar-refractivity contribution in [1.82, 2.24) is 0 Å². The van der Waals surface area contributed by atoms with Crippen molar-refractivity contribution in [3.8, 4) is 5.75 Å². The van der Waals surface area contributed by atoms with E-state index in [0.717, 1.165) is 21.5 Å². The monoisotopic (exact) mass is 416 g/mol. The quantitative estimate of drug-likeness (QED) is 0.342. The predicted molar refractivity (Wildman–Crippen MR) is 104 cm³/mol. The third-order valence-corrected chi connectivity index (χ3v) is 5.30. The summed E-state index contributed by atoms with van der Waals surface area (Å²) in [4.78, 5) is 14.1. The van der Waals surface area contributed by atoms with Crippen LogP contribution in [0.3, 0.4) is 0 Å². The van der Waals surface area contributed by atoms with E-state index in [2.05, 4.69) is 22.9 Å². The van der Waals surface area contributed by atoms with Crippen LogP contribution in [0.1, 0.15) is 33.0 Å². The minimum atomic E-state index is -0.00578. The zero-order valence-electron chi connectivity index (χ0n) is 13.7. The number of halogens is 1. The lowest BCUT2D eigenvalue weighted by molar-refractivity contribution is 0.105. The molecule has 0 aliphatic heterocycles. The smallest absolute Gasteiger partial charge is 0.195 e. The van der Waals surface area contributed by atoms with E-state index in [0.29, 0.717) is 18.1 Å². The second-order valence-corrected chi connectivity index (χ2v) is 7.45. The Kier molecular flexibility index (Phi) is 5.89. The summed E-state index contributed by atoms with van der Waals surface area (Å²) in [6.07, 6.45) is 4.18. The van der Waals surface area contributed by atoms with Gasteiger partial charge in [0.25, 0.3) is 0 Å². The summed E-state index contributed by atoms with van der Waals surface area (Å²) in [6, 6.07) is 15.2. The molecule has 0 bridgehead atoms. The van der Waals surface area contributed by atoms with Gasteiger partial charge in [-0.15, -0.1) is 11.3 Å². The highest BCUT2D eigenvalue weighted by Crippen LogP contribution is 2.20. The molecule has 0 aliphatic carbocycles. The van der Waals surface area contributed by atoms with Crippen LogP contribution >= 0.6 is 27.3 Å². The standard InChI is InChI=1S/C20H17BrO3S/c1-2-18-10-12-20(25-18)19(22)11-9-16-7-8-17(24-16)13-23-15-5-3-14(21)4-6-15/h3-12H,2,13H2,1H3/b11-9+. The minimum Gasteiger partial charge on any atom is -0.486 e.